The number of fused-ring (bicyclic) bond motifs is 2. The molecule has 0 aliphatic carbocycles. The molecule has 3 aromatic carbocycles. The molecule has 34 heavy (non-hydrogen) atoms. The molecule has 0 saturated carbocycles. The molecular formula is C26H15BrO7. The van der Waals surface area contributed by atoms with Crippen LogP contribution in [0.2, 0.25) is 0 Å². The number of ketones is 1. The first-order valence-corrected chi connectivity index (χ1v) is 10.9. The van der Waals surface area contributed by atoms with Gasteiger partial charge in [0.25, 0.3) is 0 Å². The lowest BCUT2D eigenvalue weighted by Gasteiger charge is -2.04. The van der Waals surface area contributed by atoms with E-state index in [1.54, 1.807) is 42.5 Å². The van der Waals surface area contributed by atoms with Gasteiger partial charge in [0.2, 0.25) is 11.5 Å². The molecule has 0 saturated heterocycles. The number of Topliss-reactive ketones (excluding diaryl/α,β-unsaturated/α-hetero) is 1. The van der Waals surface area contributed by atoms with Crippen molar-refractivity contribution in [3.63, 3.8) is 0 Å². The van der Waals surface area contributed by atoms with Gasteiger partial charge >= 0.3 is 11.9 Å². The molecule has 0 atom stereocenters. The van der Waals surface area contributed by atoms with Gasteiger partial charge in [0.1, 0.15) is 17.1 Å². The molecule has 0 spiro atoms. The molecule has 0 N–H and O–H groups in total. The zero-order chi connectivity index (χ0) is 23.8. The molecule has 1 aliphatic rings. The maximum absolute atomic E-state index is 12.7. The topological polar surface area (TPSA) is 92.0 Å². The smallest absolute Gasteiger partial charge is 0.379 e. The van der Waals surface area contributed by atoms with Gasteiger partial charge in [-0.25, -0.2) is 9.59 Å². The molecule has 0 radical (unpaired) electrons. The van der Waals surface area contributed by atoms with Gasteiger partial charge in [0.15, 0.2) is 5.76 Å². The van der Waals surface area contributed by atoms with Crippen LogP contribution in [0.25, 0.3) is 17.0 Å². The van der Waals surface area contributed by atoms with E-state index in [0.29, 0.717) is 22.3 Å². The molecule has 0 unspecified atom stereocenters. The highest BCUT2D eigenvalue weighted by molar-refractivity contribution is 9.10. The second-order valence-corrected chi connectivity index (χ2v) is 8.31. The van der Waals surface area contributed by atoms with E-state index in [4.69, 9.17) is 13.9 Å². The molecule has 7 nitrogen and oxygen atoms in total. The van der Waals surface area contributed by atoms with Crippen LogP contribution in [0, 0.1) is 0 Å². The number of benzene rings is 3. The summed E-state index contributed by atoms with van der Waals surface area (Å²) in [4.78, 5) is 36.8. The second kappa shape index (κ2) is 8.64. The zero-order valence-electron chi connectivity index (χ0n) is 17.7. The number of methoxy groups -OCH3 is 1. The average Bonchev–Trinajstić information content (AvgIpc) is 3.39. The van der Waals surface area contributed by atoms with Crippen LogP contribution in [0.1, 0.15) is 36.8 Å². The summed E-state index contributed by atoms with van der Waals surface area (Å²) >= 11 is 3.38. The highest BCUT2D eigenvalue weighted by Gasteiger charge is 2.28. The Kier molecular flexibility index (Phi) is 5.51. The summed E-state index contributed by atoms with van der Waals surface area (Å²) in [7, 11) is 1.31. The Morgan fingerprint density at radius 2 is 1.74 bits per heavy atom. The zero-order valence-corrected chi connectivity index (χ0v) is 19.2. The van der Waals surface area contributed by atoms with Crippen molar-refractivity contribution < 1.29 is 33.0 Å². The third kappa shape index (κ3) is 4.11. The van der Waals surface area contributed by atoms with Gasteiger partial charge in [-0.15, -0.1) is 0 Å². The number of hydrogen-bond acceptors (Lipinski definition) is 7. The fraction of sp³-hybridized carbons (Fsp3) is 0.0385. The van der Waals surface area contributed by atoms with Gasteiger partial charge in [0.05, 0.1) is 18.2 Å². The summed E-state index contributed by atoms with van der Waals surface area (Å²) in [6.07, 6.45) is 1.57. The number of carbonyl (C=O) groups is 3. The lowest BCUT2D eigenvalue weighted by molar-refractivity contribution is 0.0600. The number of halogens is 1. The van der Waals surface area contributed by atoms with Gasteiger partial charge < -0.3 is 18.6 Å². The van der Waals surface area contributed by atoms with Crippen molar-refractivity contribution >= 4 is 50.7 Å². The molecule has 0 bridgehead atoms. The van der Waals surface area contributed by atoms with Crippen molar-refractivity contribution in [2.45, 2.75) is 0 Å². The Labute approximate surface area is 201 Å². The maximum atomic E-state index is 12.7. The van der Waals surface area contributed by atoms with E-state index in [1.165, 1.54) is 25.3 Å². The standard InChI is InChI=1S/C26H15BrO7/c1-31-25(29)15-4-2-14(3-5-15)10-22-24(28)19-8-7-18(13-21(19)34-22)32-26(30)23-12-16-11-17(27)6-9-20(16)33-23/h2-13H,1H3/b22-10-. The minimum absolute atomic E-state index is 0.0570. The van der Waals surface area contributed by atoms with E-state index in [-0.39, 0.29) is 28.8 Å². The summed E-state index contributed by atoms with van der Waals surface area (Å²) in [6.45, 7) is 0. The largest absolute Gasteiger partial charge is 0.465 e. The van der Waals surface area contributed by atoms with E-state index in [9.17, 15) is 14.4 Å². The minimum Gasteiger partial charge on any atom is -0.465 e. The van der Waals surface area contributed by atoms with Crippen LogP contribution < -0.4 is 9.47 Å². The van der Waals surface area contributed by atoms with Gasteiger partial charge in [-0.2, -0.15) is 0 Å². The van der Waals surface area contributed by atoms with Crippen LogP contribution in [0.5, 0.6) is 11.5 Å². The summed E-state index contributed by atoms with van der Waals surface area (Å²) in [5.41, 5.74) is 1.99. The number of carbonyl (C=O) groups excluding carboxylic acids is 3. The quantitative estimate of drug-likeness (QED) is 0.191. The SMILES string of the molecule is COC(=O)c1ccc(/C=C2\Oc3cc(OC(=O)c4cc5cc(Br)ccc5o4)ccc3C2=O)cc1. The Morgan fingerprint density at radius 3 is 2.50 bits per heavy atom. The molecule has 4 aromatic rings. The van der Waals surface area contributed by atoms with Crippen molar-refractivity contribution in [3.05, 3.63) is 99.4 Å². The first-order valence-electron chi connectivity index (χ1n) is 10.1. The number of rotatable bonds is 4. The number of hydrogen-bond donors (Lipinski definition) is 0. The van der Waals surface area contributed by atoms with Gasteiger partial charge in [0, 0.05) is 15.9 Å². The van der Waals surface area contributed by atoms with Gasteiger partial charge in [-0.05, 0) is 60.2 Å². The lowest BCUT2D eigenvalue weighted by Crippen LogP contribution is -2.07. The molecule has 5 rings (SSSR count). The molecule has 2 heterocycles. The fourth-order valence-electron chi connectivity index (χ4n) is 3.49. The van der Waals surface area contributed by atoms with Crippen molar-refractivity contribution in [2.24, 2.45) is 0 Å². The summed E-state index contributed by atoms with van der Waals surface area (Å²) < 4.78 is 22.2. The fourth-order valence-corrected chi connectivity index (χ4v) is 3.87. The average molecular weight is 519 g/mol. The molecule has 0 amide bonds. The van der Waals surface area contributed by atoms with E-state index in [2.05, 4.69) is 20.7 Å². The van der Waals surface area contributed by atoms with Crippen LogP contribution in [0.3, 0.4) is 0 Å². The van der Waals surface area contributed by atoms with Crippen LogP contribution >= 0.6 is 15.9 Å². The third-order valence-electron chi connectivity index (χ3n) is 5.16. The predicted octanol–water partition coefficient (Wildman–Crippen LogP) is 5.82. The highest BCUT2D eigenvalue weighted by atomic mass is 79.9. The highest BCUT2D eigenvalue weighted by Crippen LogP contribution is 2.35. The number of esters is 2. The molecule has 168 valence electrons. The maximum Gasteiger partial charge on any atom is 0.379 e. The predicted molar refractivity (Wildman–Crippen MR) is 126 cm³/mol. The Morgan fingerprint density at radius 1 is 0.941 bits per heavy atom. The Balaban J connectivity index is 1.33. The second-order valence-electron chi connectivity index (χ2n) is 7.39. The molecule has 8 heteroatoms. The molecule has 1 aliphatic heterocycles. The third-order valence-corrected chi connectivity index (χ3v) is 5.65. The van der Waals surface area contributed by atoms with E-state index >= 15 is 0 Å². The van der Waals surface area contributed by atoms with Crippen molar-refractivity contribution in [2.75, 3.05) is 7.11 Å². The minimum atomic E-state index is -0.668. The van der Waals surface area contributed by atoms with Crippen LogP contribution in [0.4, 0.5) is 0 Å². The van der Waals surface area contributed by atoms with E-state index < -0.39 is 11.9 Å². The number of allylic oxidation sites excluding steroid dienone is 1. The first kappa shape index (κ1) is 21.7. The van der Waals surface area contributed by atoms with Crippen molar-refractivity contribution in [3.8, 4) is 11.5 Å². The van der Waals surface area contributed by atoms with E-state index in [1.807, 2.05) is 12.1 Å². The molecule has 0 fully saturated rings. The molecule has 1 aromatic heterocycles. The normalized spacial score (nSPS) is 13.6. The van der Waals surface area contributed by atoms with Crippen LogP contribution in [0.15, 0.2) is 81.4 Å². The summed E-state index contributed by atoms with van der Waals surface area (Å²) in [5.74, 6) is -0.750. The van der Waals surface area contributed by atoms with Crippen LogP contribution in [-0.2, 0) is 4.74 Å². The monoisotopic (exact) mass is 518 g/mol. The Bertz CT molecular complexity index is 1500. The van der Waals surface area contributed by atoms with Gasteiger partial charge in [-0.3, -0.25) is 4.79 Å². The molecular weight excluding hydrogens is 504 g/mol. The lowest BCUT2D eigenvalue weighted by atomic mass is 10.1. The van der Waals surface area contributed by atoms with E-state index in [0.717, 1.165) is 9.86 Å². The number of furan rings is 1. The number of ether oxygens (including phenoxy) is 3. The van der Waals surface area contributed by atoms with Crippen LogP contribution in [-0.4, -0.2) is 24.8 Å². The summed E-state index contributed by atoms with van der Waals surface area (Å²) in [6, 6.07) is 18.1. The Hall–Kier alpha value is -4.17. The first-order chi connectivity index (χ1) is 16.4. The van der Waals surface area contributed by atoms with Crippen molar-refractivity contribution in [1.82, 2.24) is 0 Å². The van der Waals surface area contributed by atoms with Gasteiger partial charge in [-0.1, -0.05) is 28.1 Å². The van der Waals surface area contributed by atoms with Crippen molar-refractivity contribution in [1.29, 1.82) is 0 Å². The summed E-state index contributed by atoms with van der Waals surface area (Å²) in [5, 5.41) is 0.763.